The van der Waals surface area contributed by atoms with E-state index in [-0.39, 0.29) is 0 Å². The van der Waals surface area contributed by atoms with Crippen LogP contribution >= 0.6 is 43.5 Å². The summed E-state index contributed by atoms with van der Waals surface area (Å²) in [5.74, 6) is 1.44. The van der Waals surface area contributed by atoms with Gasteiger partial charge in [-0.25, -0.2) is 0 Å². The number of benzene rings is 2. The third-order valence-corrected chi connectivity index (χ3v) is 4.87. The highest BCUT2D eigenvalue weighted by Gasteiger charge is 2.09. The molecule has 0 aliphatic heterocycles. The van der Waals surface area contributed by atoms with Crippen LogP contribution in [0.2, 0.25) is 5.02 Å². The third kappa shape index (κ3) is 6.01. The normalized spacial score (nSPS) is 12.1. The van der Waals surface area contributed by atoms with Gasteiger partial charge >= 0.3 is 0 Å². The second-order valence-corrected chi connectivity index (χ2v) is 6.95. The molecule has 0 heterocycles. The van der Waals surface area contributed by atoms with Gasteiger partial charge in [0, 0.05) is 14.8 Å². The molecule has 1 unspecified atom stereocenters. The Morgan fingerprint density at radius 1 is 1.10 bits per heavy atom. The Morgan fingerprint density at radius 3 is 2.62 bits per heavy atom. The number of hydrogen-bond donors (Lipinski definition) is 0. The lowest BCUT2D eigenvalue weighted by Gasteiger charge is -2.15. The Morgan fingerprint density at radius 2 is 1.90 bits per heavy atom. The van der Waals surface area contributed by atoms with Crippen molar-refractivity contribution in [3.63, 3.8) is 0 Å². The SMILES string of the molecule is Clc1cccc(CC(CBr)CCOc2cccc(Br)c2)c1. The summed E-state index contributed by atoms with van der Waals surface area (Å²) in [6, 6.07) is 16.0. The zero-order valence-electron chi connectivity index (χ0n) is 11.6. The molecule has 1 nitrogen and oxygen atoms in total. The predicted molar refractivity (Wildman–Crippen MR) is 96.7 cm³/mol. The van der Waals surface area contributed by atoms with Crippen LogP contribution in [0.4, 0.5) is 0 Å². The molecular weight excluding hydrogens is 415 g/mol. The molecule has 2 aromatic rings. The Hall–Kier alpha value is -0.510. The fourth-order valence-electron chi connectivity index (χ4n) is 2.13. The highest BCUT2D eigenvalue weighted by Crippen LogP contribution is 2.21. The summed E-state index contributed by atoms with van der Waals surface area (Å²) in [6.07, 6.45) is 2.01. The predicted octanol–water partition coefficient (Wildman–Crippen LogP) is 6.13. The first-order valence-electron chi connectivity index (χ1n) is 6.86. The van der Waals surface area contributed by atoms with Crippen molar-refractivity contribution in [1.29, 1.82) is 0 Å². The average molecular weight is 433 g/mol. The molecule has 0 bridgehead atoms. The van der Waals surface area contributed by atoms with Gasteiger partial charge in [-0.05, 0) is 54.7 Å². The maximum atomic E-state index is 6.03. The van der Waals surface area contributed by atoms with E-state index in [1.807, 2.05) is 42.5 Å². The van der Waals surface area contributed by atoms with Gasteiger partial charge in [0.25, 0.3) is 0 Å². The standard InChI is InChI=1S/C17H17Br2ClO/c18-12-14(9-13-3-1-5-16(20)10-13)7-8-21-17-6-2-4-15(19)11-17/h1-6,10-11,14H,7-9,12H2. The number of ether oxygens (including phenoxy) is 1. The highest BCUT2D eigenvalue weighted by atomic mass is 79.9. The fourth-order valence-corrected chi connectivity index (χ4v) is 3.28. The van der Waals surface area contributed by atoms with Crippen molar-refractivity contribution in [3.8, 4) is 5.75 Å². The average Bonchev–Trinajstić information content (AvgIpc) is 2.46. The molecule has 0 fully saturated rings. The monoisotopic (exact) mass is 430 g/mol. The van der Waals surface area contributed by atoms with Gasteiger partial charge in [-0.1, -0.05) is 61.7 Å². The van der Waals surface area contributed by atoms with Crippen molar-refractivity contribution in [1.82, 2.24) is 0 Å². The molecule has 0 N–H and O–H groups in total. The molecule has 0 spiro atoms. The number of halogens is 3. The molecule has 0 aliphatic rings. The van der Waals surface area contributed by atoms with Crippen molar-refractivity contribution < 1.29 is 4.74 Å². The smallest absolute Gasteiger partial charge is 0.120 e. The van der Waals surface area contributed by atoms with Crippen molar-refractivity contribution in [2.45, 2.75) is 12.8 Å². The number of hydrogen-bond acceptors (Lipinski definition) is 1. The molecule has 2 rings (SSSR count). The van der Waals surface area contributed by atoms with Crippen LogP contribution < -0.4 is 4.74 Å². The van der Waals surface area contributed by atoms with Crippen LogP contribution in [0.15, 0.2) is 53.0 Å². The second-order valence-electron chi connectivity index (χ2n) is 4.95. The van der Waals surface area contributed by atoms with E-state index in [9.17, 15) is 0 Å². The Kier molecular flexibility index (Phi) is 7.08. The summed E-state index contributed by atoms with van der Waals surface area (Å²) in [7, 11) is 0. The summed E-state index contributed by atoms with van der Waals surface area (Å²) in [5, 5.41) is 1.76. The van der Waals surface area contributed by atoms with Gasteiger partial charge < -0.3 is 4.74 Å². The van der Waals surface area contributed by atoms with Gasteiger partial charge in [-0.15, -0.1) is 0 Å². The third-order valence-electron chi connectivity index (χ3n) is 3.22. The fraction of sp³-hybridized carbons (Fsp3) is 0.294. The van der Waals surface area contributed by atoms with Crippen molar-refractivity contribution >= 4 is 43.5 Å². The van der Waals surface area contributed by atoms with Crippen LogP contribution in [0.3, 0.4) is 0 Å². The molecule has 0 saturated carbocycles. The second kappa shape index (κ2) is 8.82. The van der Waals surface area contributed by atoms with E-state index in [0.29, 0.717) is 12.5 Å². The molecule has 1 atom stereocenters. The van der Waals surface area contributed by atoms with Gasteiger partial charge in [0.15, 0.2) is 0 Å². The molecule has 4 heteroatoms. The lowest BCUT2D eigenvalue weighted by atomic mass is 9.98. The highest BCUT2D eigenvalue weighted by molar-refractivity contribution is 9.10. The van der Waals surface area contributed by atoms with Crippen molar-refractivity contribution in [2.24, 2.45) is 5.92 Å². The maximum absolute atomic E-state index is 6.03. The van der Waals surface area contributed by atoms with Crippen molar-refractivity contribution in [2.75, 3.05) is 11.9 Å². The number of alkyl halides is 1. The van der Waals surface area contributed by atoms with E-state index in [2.05, 4.69) is 37.9 Å². The molecule has 0 amide bonds. The maximum Gasteiger partial charge on any atom is 0.120 e. The lowest BCUT2D eigenvalue weighted by molar-refractivity contribution is 0.285. The molecule has 0 saturated heterocycles. The Balaban J connectivity index is 1.82. The number of rotatable bonds is 7. The molecule has 0 aliphatic carbocycles. The van der Waals surface area contributed by atoms with Gasteiger partial charge in [0.2, 0.25) is 0 Å². The van der Waals surface area contributed by atoms with Crippen LogP contribution in [0, 0.1) is 5.92 Å². The van der Waals surface area contributed by atoms with Crippen LogP contribution in [-0.2, 0) is 6.42 Å². The zero-order valence-corrected chi connectivity index (χ0v) is 15.5. The van der Waals surface area contributed by atoms with E-state index in [0.717, 1.165) is 33.4 Å². The van der Waals surface area contributed by atoms with Crippen LogP contribution in [0.5, 0.6) is 5.75 Å². The van der Waals surface area contributed by atoms with E-state index in [1.165, 1.54) is 5.56 Å². The zero-order chi connectivity index (χ0) is 15.1. The summed E-state index contributed by atoms with van der Waals surface area (Å²) in [5.41, 5.74) is 1.27. The van der Waals surface area contributed by atoms with Crippen LogP contribution in [0.1, 0.15) is 12.0 Å². The molecule has 112 valence electrons. The molecule has 0 aromatic heterocycles. The van der Waals surface area contributed by atoms with E-state index >= 15 is 0 Å². The first kappa shape index (κ1) is 16.9. The largest absolute Gasteiger partial charge is 0.494 e. The quantitative estimate of drug-likeness (QED) is 0.479. The minimum absolute atomic E-state index is 0.538. The van der Waals surface area contributed by atoms with Crippen molar-refractivity contribution in [3.05, 3.63) is 63.6 Å². The van der Waals surface area contributed by atoms with Gasteiger partial charge in [-0.3, -0.25) is 0 Å². The van der Waals surface area contributed by atoms with E-state index in [4.69, 9.17) is 16.3 Å². The van der Waals surface area contributed by atoms with Gasteiger partial charge in [0.1, 0.15) is 5.75 Å². The lowest BCUT2D eigenvalue weighted by Crippen LogP contribution is -2.11. The van der Waals surface area contributed by atoms with E-state index in [1.54, 1.807) is 0 Å². The molecule has 21 heavy (non-hydrogen) atoms. The molecular formula is C17H17Br2ClO. The van der Waals surface area contributed by atoms with Crippen LogP contribution in [-0.4, -0.2) is 11.9 Å². The molecule has 2 aromatic carbocycles. The topological polar surface area (TPSA) is 9.23 Å². The summed E-state index contributed by atoms with van der Waals surface area (Å²) in [4.78, 5) is 0. The van der Waals surface area contributed by atoms with Crippen LogP contribution in [0.25, 0.3) is 0 Å². The van der Waals surface area contributed by atoms with Gasteiger partial charge in [0.05, 0.1) is 6.61 Å². The Labute approximate surface area is 147 Å². The first-order valence-corrected chi connectivity index (χ1v) is 9.15. The van der Waals surface area contributed by atoms with E-state index < -0.39 is 0 Å². The first-order chi connectivity index (χ1) is 10.2. The summed E-state index contributed by atoms with van der Waals surface area (Å²) < 4.78 is 6.84. The minimum atomic E-state index is 0.538. The minimum Gasteiger partial charge on any atom is -0.494 e. The Bertz CT molecular complexity index is 574. The van der Waals surface area contributed by atoms with Gasteiger partial charge in [-0.2, -0.15) is 0 Å². The molecule has 0 radical (unpaired) electrons. The summed E-state index contributed by atoms with van der Waals surface area (Å²) in [6.45, 7) is 0.716. The summed E-state index contributed by atoms with van der Waals surface area (Å²) >= 11 is 13.1.